The predicted octanol–water partition coefficient (Wildman–Crippen LogP) is 2.65. The highest BCUT2D eigenvalue weighted by atomic mass is 19.1. The molecule has 0 aromatic carbocycles. The highest BCUT2D eigenvalue weighted by Gasteiger charge is 2.37. The maximum atomic E-state index is 12.6. The highest BCUT2D eigenvalue weighted by Crippen LogP contribution is 2.38. The molecule has 0 saturated carbocycles. The second kappa shape index (κ2) is 3.85. The van der Waals surface area contributed by atoms with Crippen molar-refractivity contribution in [3.05, 3.63) is 23.5 Å². The SMILES string of the molecule is OC1=CC=C(CF)C(CF)(CF)C1. The zero-order valence-electron chi connectivity index (χ0n) is 7.06. The smallest absolute Gasteiger partial charge is 0.112 e. The number of hydrogen-bond donors (Lipinski definition) is 1. The second-order valence-corrected chi connectivity index (χ2v) is 3.21. The second-order valence-electron chi connectivity index (χ2n) is 3.21. The zero-order chi connectivity index (χ0) is 9.90. The van der Waals surface area contributed by atoms with E-state index in [1.807, 2.05) is 0 Å². The summed E-state index contributed by atoms with van der Waals surface area (Å²) < 4.78 is 37.5. The van der Waals surface area contributed by atoms with Gasteiger partial charge < -0.3 is 5.11 Å². The topological polar surface area (TPSA) is 20.2 Å². The van der Waals surface area contributed by atoms with Gasteiger partial charge in [0, 0.05) is 6.42 Å². The molecule has 1 nitrogen and oxygen atoms in total. The van der Waals surface area contributed by atoms with Gasteiger partial charge in [0.25, 0.3) is 0 Å². The van der Waals surface area contributed by atoms with Crippen molar-refractivity contribution in [1.29, 1.82) is 0 Å². The van der Waals surface area contributed by atoms with Gasteiger partial charge in [-0.05, 0) is 11.6 Å². The first-order valence-electron chi connectivity index (χ1n) is 3.95. The number of aliphatic hydroxyl groups excluding tert-OH is 1. The molecular formula is C9H11F3O. The standard InChI is InChI=1S/C9H11F3O/c10-4-7-1-2-8(13)3-9(7,5-11)6-12/h1-2,13H,3-6H2. The molecular weight excluding hydrogens is 181 g/mol. The Balaban J connectivity index is 2.97. The van der Waals surface area contributed by atoms with Crippen molar-refractivity contribution in [2.24, 2.45) is 5.41 Å². The van der Waals surface area contributed by atoms with Gasteiger partial charge in [-0.15, -0.1) is 0 Å². The third-order valence-electron chi connectivity index (χ3n) is 2.33. The van der Waals surface area contributed by atoms with E-state index in [1.165, 1.54) is 12.2 Å². The summed E-state index contributed by atoms with van der Waals surface area (Å²) in [6.45, 7) is -2.86. The van der Waals surface area contributed by atoms with Gasteiger partial charge >= 0.3 is 0 Å². The van der Waals surface area contributed by atoms with E-state index in [9.17, 15) is 13.2 Å². The number of aliphatic hydroxyl groups is 1. The molecule has 0 bridgehead atoms. The maximum absolute atomic E-state index is 12.6. The van der Waals surface area contributed by atoms with Crippen molar-refractivity contribution in [2.45, 2.75) is 6.42 Å². The van der Waals surface area contributed by atoms with Crippen LogP contribution in [-0.2, 0) is 0 Å². The van der Waals surface area contributed by atoms with Crippen molar-refractivity contribution in [2.75, 3.05) is 20.0 Å². The molecule has 0 amide bonds. The Labute approximate surface area is 74.6 Å². The van der Waals surface area contributed by atoms with E-state index in [4.69, 9.17) is 5.11 Å². The van der Waals surface area contributed by atoms with Crippen LogP contribution in [0.2, 0.25) is 0 Å². The fraction of sp³-hybridized carbons (Fsp3) is 0.556. The van der Waals surface area contributed by atoms with E-state index in [-0.39, 0.29) is 17.8 Å². The van der Waals surface area contributed by atoms with Crippen molar-refractivity contribution in [3.63, 3.8) is 0 Å². The first-order valence-corrected chi connectivity index (χ1v) is 3.95. The van der Waals surface area contributed by atoms with Crippen LogP contribution in [0.4, 0.5) is 13.2 Å². The van der Waals surface area contributed by atoms with E-state index in [0.29, 0.717) is 0 Å². The van der Waals surface area contributed by atoms with Gasteiger partial charge in [-0.3, -0.25) is 8.78 Å². The van der Waals surface area contributed by atoms with E-state index < -0.39 is 25.4 Å². The third-order valence-corrected chi connectivity index (χ3v) is 2.33. The van der Waals surface area contributed by atoms with Gasteiger partial charge in [0.1, 0.15) is 20.0 Å². The van der Waals surface area contributed by atoms with Gasteiger partial charge in [0.2, 0.25) is 0 Å². The van der Waals surface area contributed by atoms with Crippen LogP contribution in [0.15, 0.2) is 23.5 Å². The van der Waals surface area contributed by atoms with Gasteiger partial charge in [-0.25, -0.2) is 4.39 Å². The third kappa shape index (κ3) is 1.71. The highest BCUT2D eigenvalue weighted by molar-refractivity contribution is 5.29. The Kier molecular flexibility index (Phi) is 3.01. The minimum absolute atomic E-state index is 0.0790. The van der Waals surface area contributed by atoms with Gasteiger partial charge in [0.15, 0.2) is 0 Å². The van der Waals surface area contributed by atoms with Gasteiger partial charge in [0.05, 0.1) is 11.2 Å². The fourth-order valence-corrected chi connectivity index (χ4v) is 1.38. The molecule has 0 fully saturated rings. The average Bonchev–Trinajstić information content (AvgIpc) is 2.17. The first kappa shape index (κ1) is 10.2. The van der Waals surface area contributed by atoms with Gasteiger partial charge in [-0.2, -0.15) is 0 Å². The predicted molar refractivity (Wildman–Crippen MR) is 43.8 cm³/mol. The van der Waals surface area contributed by atoms with E-state index in [1.54, 1.807) is 0 Å². The largest absolute Gasteiger partial charge is 0.512 e. The Morgan fingerprint density at radius 1 is 1.23 bits per heavy atom. The molecule has 0 radical (unpaired) electrons. The Hall–Kier alpha value is -0.930. The quantitative estimate of drug-likeness (QED) is 0.728. The normalized spacial score (nSPS) is 20.8. The fourth-order valence-electron chi connectivity index (χ4n) is 1.38. The lowest BCUT2D eigenvalue weighted by Crippen LogP contribution is -2.32. The molecule has 0 aromatic rings. The first-order chi connectivity index (χ1) is 6.18. The van der Waals surface area contributed by atoms with Crippen LogP contribution in [-0.4, -0.2) is 25.1 Å². The number of allylic oxidation sites excluding steroid dienone is 4. The minimum Gasteiger partial charge on any atom is -0.512 e. The summed E-state index contributed by atoms with van der Waals surface area (Å²) in [5.41, 5.74) is -1.39. The van der Waals surface area contributed by atoms with Crippen LogP contribution in [0.1, 0.15) is 6.42 Å². The van der Waals surface area contributed by atoms with Crippen LogP contribution in [0, 0.1) is 5.41 Å². The van der Waals surface area contributed by atoms with E-state index in [2.05, 4.69) is 0 Å². The maximum Gasteiger partial charge on any atom is 0.112 e. The molecule has 1 aliphatic carbocycles. The molecule has 1 rings (SSSR count). The summed E-state index contributed by atoms with van der Waals surface area (Å²) >= 11 is 0. The summed E-state index contributed by atoms with van der Waals surface area (Å²) in [6, 6.07) is 0. The lowest BCUT2D eigenvalue weighted by atomic mass is 9.76. The number of rotatable bonds is 3. The van der Waals surface area contributed by atoms with Gasteiger partial charge in [-0.1, -0.05) is 6.08 Å². The zero-order valence-corrected chi connectivity index (χ0v) is 7.06. The van der Waals surface area contributed by atoms with E-state index >= 15 is 0 Å². The van der Waals surface area contributed by atoms with Crippen LogP contribution in [0.5, 0.6) is 0 Å². The van der Waals surface area contributed by atoms with Crippen molar-refractivity contribution < 1.29 is 18.3 Å². The minimum atomic E-state index is -1.46. The molecule has 0 aliphatic heterocycles. The van der Waals surface area contributed by atoms with Crippen LogP contribution in [0.25, 0.3) is 0 Å². The molecule has 1 aliphatic rings. The summed E-state index contributed by atoms with van der Waals surface area (Å²) in [7, 11) is 0. The number of halogens is 3. The van der Waals surface area contributed by atoms with Crippen LogP contribution in [0.3, 0.4) is 0 Å². The molecule has 0 aromatic heterocycles. The lowest BCUT2D eigenvalue weighted by molar-refractivity contribution is 0.159. The molecule has 74 valence electrons. The molecule has 0 heterocycles. The summed E-state index contributed by atoms with van der Waals surface area (Å²) in [4.78, 5) is 0. The van der Waals surface area contributed by atoms with Crippen molar-refractivity contribution in [3.8, 4) is 0 Å². The Morgan fingerprint density at radius 2 is 1.85 bits per heavy atom. The Morgan fingerprint density at radius 3 is 2.31 bits per heavy atom. The molecule has 13 heavy (non-hydrogen) atoms. The van der Waals surface area contributed by atoms with Crippen molar-refractivity contribution >= 4 is 0 Å². The lowest BCUT2D eigenvalue weighted by Gasteiger charge is -2.31. The van der Waals surface area contributed by atoms with Crippen LogP contribution < -0.4 is 0 Å². The molecule has 1 N–H and O–H groups in total. The molecule has 0 unspecified atom stereocenters. The summed E-state index contributed by atoms with van der Waals surface area (Å²) in [6.07, 6.45) is 2.37. The summed E-state index contributed by atoms with van der Waals surface area (Å²) in [5, 5.41) is 9.08. The van der Waals surface area contributed by atoms with Crippen LogP contribution >= 0.6 is 0 Å². The number of alkyl halides is 3. The molecule has 4 heteroatoms. The van der Waals surface area contributed by atoms with Crippen molar-refractivity contribution in [1.82, 2.24) is 0 Å². The monoisotopic (exact) mass is 192 g/mol. The molecule has 0 atom stereocenters. The molecule has 0 saturated heterocycles. The summed E-state index contributed by atoms with van der Waals surface area (Å²) in [5.74, 6) is -0.104. The molecule has 0 spiro atoms. The Bertz CT molecular complexity index is 241. The van der Waals surface area contributed by atoms with E-state index in [0.717, 1.165) is 0 Å². The number of hydrogen-bond acceptors (Lipinski definition) is 1. The average molecular weight is 192 g/mol.